The molecule has 0 atom stereocenters. The van der Waals surface area contributed by atoms with Crippen molar-refractivity contribution in [1.82, 2.24) is 0 Å². The number of methoxy groups -OCH3 is 2. The van der Waals surface area contributed by atoms with Crippen LogP contribution in [-0.4, -0.2) is 45.3 Å². The first-order valence-corrected chi connectivity index (χ1v) is 7.09. The molecule has 0 unspecified atom stereocenters. The average molecular weight is 324 g/mol. The van der Waals surface area contributed by atoms with Crippen LogP contribution >= 0.6 is 0 Å². The van der Waals surface area contributed by atoms with E-state index in [4.69, 9.17) is 9.47 Å². The molecule has 1 aromatic carbocycles. The number of carbonyl (C=O) groups is 3. The van der Waals surface area contributed by atoms with E-state index in [1.807, 2.05) is 0 Å². The van der Waals surface area contributed by atoms with Gasteiger partial charge in [-0.25, -0.2) is 4.79 Å². The van der Waals surface area contributed by atoms with E-state index < -0.39 is 23.8 Å². The van der Waals surface area contributed by atoms with Gasteiger partial charge in [0.05, 0.1) is 27.4 Å². The number of hydrogen-bond donors (Lipinski definition) is 0. The number of rotatable bonds is 7. The van der Waals surface area contributed by atoms with Crippen molar-refractivity contribution in [2.75, 3.05) is 27.4 Å². The molecular weight excluding hydrogens is 304 g/mol. The average Bonchev–Trinajstić information content (AvgIpc) is 2.55. The van der Waals surface area contributed by atoms with E-state index in [1.54, 1.807) is 13.8 Å². The summed E-state index contributed by atoms with van der Waals surface area (Å²) in [4.78, 5) is 35.6. The quantitative estimate of drug-likeness (QED) is 0.428. The van der Waals surface area contributed by atoms with Crippen molar-refractivity contribution in [2.45, 2.75) is 19.8 Å². The zero-order chi connectivity index (χ0) is 17.4. The molecule has 1 aromatic rings. The summed E-state index contributed by atoms with van der Waals surface area (Å²) in [7, 11) is 2.35. The van der Waals surface area contributed by atoms with Crippen LogP contribution < -0.4 is 4.74 Å². The Morgan fingerprint density at radius 3 is 2.09 bits per heavy atom. The molecule has 7 nitrogen and oxygen atoms in total. The largest absolute Gasteiger partial charge is 0.493 e. The number of esters is 3. The molecule has 0 heterocycles. The van der Waals surface area contributed by atoms with Gasteiger partial charge in [-0.3, -0.25) is 9.59 Å². The van der Waals surface area contributed by atoms with E-state index in [-0.39, 0.29) is 17.9 Å². The summed E-state index contributed by atoms with van der Waals surface area (Å²) in [6.45, 7) is 3.97. The third-order valence-corrected chi connectivity index (χ3v) is 3.01. The molecule has 0 aliphatic rings. The summed E-state index contributed by atoms with van der Waals surface area (Å²) in [5, 5.41) is 0. The minimum Gasteiger partial charge on any atom is -0.493 e. The fourth-order valence-electron chi connectivity index (χ4n) is 1.97. The molecule has 0 fully saturated rings. The van der Waals surface area contributed by atoms with Crippen molar-refractivity contribution < 1.29 is 33.3 Å². The van der Waals surface area contributed by atoms with E-state index in [0.29, 0.717) is 12.2 Å². The Bertz CT molecular complexity index is 564. The molecule has 0 amide bonds. The van der Waals surface area contributed by atoms with Gasteiger partial charge in [0.15, 0.2) is 5.92 Å². The lowest BCUT2D eigenvalue weighted by Crippen LogP contribution is -2.24. The van der Waals surface area contributed by atoms with Crippen molar-refractivity contribution in [3.05, 3.63) is 29.3 Å². The van der Waals surface area contributed by atoms with Crippen LogP contribution in [0.3, 0.4) is 0 Å². The van der Waals surface area contributed by atoms with Crippen molar-refractivity contribution in [1.29, 1.82) is 0 Å². The predicted molar refractivity (Wildman–Crippen MR) is 80.3 cm³/mol. The monoisotopic (exact) mass is 324 g/mol. The number of hydrogen-bond acceptors (Lipinski definition) is 7. The molecule has 1 rings (SSSR count). The fourth-order valence-corrected chi connectivity index (χ4v) is 1.97. The minimum absolute atomic E-state index is 0.214. The minimum atomic E-state index is -1.25. The highest BCUT2D eigenvalue weighted by Gasteiger charge is 2.31. The van der Waals surface area contributed by atoms with Gasteiger partial charge in [-0.15, -0.1) is 0 Å². The highest BCUT2D eigenvalue weighted by Crippen LogP contribution is 2.27. The summed E-state index contributed by atoms with van der Waals surface area (Å²) in [5.41, 5.74) is 0.520. The van der Waals surface area contributed by atoms with E-state index in [0.717, 1.165) is 0 Å². The standard InChI is InChI=1S/C16H20O7/c1-5-22-12-9-10(7-8-11(12)14(17)23-6-2)13(15(18)20-3)16(19)21-4/h7-9,13H,5-6H2,1-4H3. The molecule has 0 aliphatic carbocycles. The third kappa shape index (κ3) is 4.45. The van der Waals surface area contributed by atoms with E-state index in [9.17, 15) is 14.4 Å². The van der Waals surface area contributed by atoms with Crippen LogP contribution in [0.15, 0.2) is 18.2 Å². The molecule has 126 valence electrons. The molecule has 0 saturated heterocycles. The molecule has 23 heavy (non-hydrogen) atoms. The van der Waals surface area contributed by atoms with Gasteiger partial charge in [-0.05, 0) is 31.5 Å². The van der Waals surface area contributed by atoms with E-state index in [2.05, 4.69) is 9.47 Å². The van der Waals surface area contributed by atoms with Gasteiger partial charge >= 0.3 is 17.9 Å². The summed E-state index contributed by atoms with van der Waals surface area (Å²) < 4.78 is 19.6. The zero-order valence-electron chi connectivity index (χ0n) is 13.6. The molecule has 7 heteroatoms. The second-order valence-corrected chi connectivity index (χ2v) is 4.39. The first-order valence-electron chi connectivity index (χ1n) is 7.09. The summed E-state index contributed by atoms with van der Waals surface area (Å²) in [6, 6.07) is 4.35. The SMILES string of the molecule is CCOC(=O)c1ccc(C(C(=O)OC)C(=O)OC)cc1OCC. The smallest absolute Gasteiger partial charge is 0.341 e. The van der Waals surface area contributed by atoms with Crippen molar-refractivity contribution >= 4 is 17.9 Å². The highest BCUT2D eigenvalue weighted by molar-refractivity contribution is 6.01. The van der Waals surface area contributed by atoms with Gasteiger partial charge in [0, 0.05) is 0 Å². The molecule has 0 aliphatic heterocycles. The van der Waals surface area contributed by atoms with Crippen LogP contribution in [0, 0.1) is 0 Å². The van der Waals surface area contributed by atoms with Crippen LogP contribution in [0.1, 0.15) is 35.7 Å². The lowest BCUT2D eigenvalue weighted by molar-refractivity contribution is -0.154. The van der Waals surface area contributed by atoms with Gasteiger partial charge < -0.3 is 18.9 Å². The fraction of sp³-hybridized carbons (Fsp3) is 0.438. The van der Waals surface area contributed by atoms with Gasteiger partial charge in [0.1, 0.15) is 11.3 Å². The Morgan fingerprint density at radius 2 is 1.61 bits per heavy atom. The second kappa shape index (κ2) is 8.77. The summed E-state index contributed by atoms with van der Waals surface area (Å²) in [5.74, 6) is -3.09. The molecule has 0 bridgehead atoms. The Balaban J connectivity index is 3.31. The Kier molecular flexibility index (Phi) is 7.05. The molecular formula is C16H20O7. The van der Waals surface area contributed by atoms with E-state index in [1.165, 1.54) is 32.4 Å². The lowest BCUT2D eigenvalue weighted by atomic mass is 9.97. The van der Waals surface area contributed by atoms with Crippen molar-refractivity contribution in [3.8, 4) is 5.75 Å². The Morgan fingerprint density at radius 1 is 1.00 bits per heavy atom. The maximum atomic E-state index is 11.9. The van der Waals surface area contributed by atoms with Crippen LogP contribution in [0.2, 0.25) is 0 Å². The molecule has 0 spiro atoms. The number of carbonyl (C=O) groups excluding carboxylic acids is 3. The number of benzene rings is 1. The molecule has 0 aromatic heterocycles. The Labute approximate surface area is 134 Å². The normalized spacial score (nSPS) is 10.1. The molecule has 0 N–H and O–H groups in total. The van der Waals surface area contributed by atoms with Crippen LogP contribution in [0.25, 0.3) is 0 Å². The zero-order valence-corrected chi connectivity index (χ0v) is 13.6. The maximum absolute atomic E-state index is 11.9. The topological polar surface area (TPSA) is 88.1 Å². The second-order valence-electron chi connectivity index (χ2n) is 4.39. The summed E-state index contributed by atoms with van der Waals surface area (Å²) >= 11 is 0. The third-order valence-electron chi connectivity index (χ3n) is 3.01. The van der Waals surface area contributed by atoms with Gasteiger partial charge in [0.25, 0.3) is 0 Å². The lowest BCUT2D eigenvalue weighted by Gasteiger charge is -2.16. The first-order chi connectivity index (χ1) is 11.0. The summed E-state index contributed by atoms with van der Waals surface area (Å²) in [6.07, 6.45) is 0. The van der Waals surface area contributed by atoms with Crippen molar-refractivity contribution in [3.63, 3.8) is 0 Å². The molecule has 0 radical (unpaired) electrons. The van der Waals surface area contributed by atoms with Crippen molar-refractivity contribution in [2.24, 2.45) is 0 Å². The Hall–Kier alpha value is -2.57. The van der Waals surface area contributed by atoms with Crippen LogP contribution in [0.5, 0.6) is 5.75 Å². The molecule has 0 saturated carbocycles. The van der Waals surface area contributed by atoms with Crippen LogP contribution in [0.4, 0.5) is 0 Å². The van der Waals surface area contributed by atoms with Crippen LogP contribution in [-0.2, 0) is 23.8 Å². The predicted octanol–water partition coefficient (Wildman–Crippen LogP) is 1.69. The maximum Gasteiger partial charge on any atom is 0.341 e. The van der Waals surface area contributed by atoms with Gasteiger partial charge in [-0.1, -0.05) is 6.07 Å². The van der Waals surface area contributed by atoms with Gasteiger partial charge in [-0.2, -0.15) is 0 Å². The first kappa shape index (κ1) is 18.5. The van der Waals surface area contributed by atoms with Gasteiger partial charge in [0.2, 0.25) is 0 Å². The number of ether oxygens (including phenoxy) is 4. The van der Waals surface area contributed by atoms with E-state index >= 15 is 0 Å². The highest BCUT2D eigenvalue weighted by atomic mass is 16.5.